The lowest BCUT2D eigenvalue weighted by molar-refractivity contribution is -0.115. The third-order valence-electron chi connectivity index (χ3n) is 6.06. The Labute approximate surface area is 203 Å². The molecule has 0 saturated carbocycles. The number of hydrogen-bond donors (Lipinski definition) is 1. The SMILES string of the molecule is CC(=O)N=C1N(CC(=O)c2cc(C(C)(C)C)c(O)c(C(C)(C)C)c2)CCN1Cc1ccccc1. The molecule has 182 valence electrons. The first-order valence-electron chi connectivity index (χ1n) is 11.8. The van der Waals surface area contributed by atoms with Gasteiger partial charge in [-0.2, -0.15) is 4.99 Å². The lowest BCUT2D eigenvalue weighted by Crippen LogP contribution is -2.37. The second-order valence-electron chi connectivity index (χ2n) is 11.1. The molecule has 1 amide bonds. The summed E-state index contributed by atoms with van der Waals surface area (Å²) in [5.41, 5.74) is 2.57. The van der Waals surface area contributed by atoms with Crippen LogP contribution in [0.15, 0.2) is 47.5 Å². The molecule has 0 aromatic heterocycles. The molecule has 1 fully saturated rings. The zero-order valence-corrected chi connectivity index (χ0v) is 21.5. The molecule has 1 aliphatic heterocycles. The number of amides is 1. The quantitative estimate of drug-likeness (QED) is 0.639. The van der Waals surface area contributed by atoms with E-state index in [-0.39, 0.29) is 34.8 Å². The molecule has 0 aliphatic carbocycles. The minimum absolute atomic E-state index is 0.0613. The molecule has 6 heteroatoms. The van der Waals surface area contributed by atoms with Gasteiger partial charge >= 0.3 is 0 Å². The second kappa shape index (κ2) is 9.61. The van der Waals surface area contributed by atoms with Crippen LogP contribution in [0.1, 0.15) is 75.5 Å². The van der Waals surface area contributed by atoms with Crippen molar-refractivity contribution in [3.05, 3.63) is 64.7 Å². The summed E-state index contributed by atoms with van der Waals surface area (Å²) in [4.78, 5) is 33.6. The molecular formula is C28H37N3O3. The Hall–Kier alpha value is -3.15. The molecule has 3 rings (SSSR count). The van der Waals surface area contributed by atoms with Gasteiger partial charge in [0, 0.05) is 43.2 Å². The third kappa shape index (κ3) is 5.85. The monoisotopic (exact) mass is 463 g/mol. The highest BCUT2D eigenvalue weighted by molar-refractivity contribution is 6.02. The van der Waals surface area contributed by atoms with Crippen LogP contribution in [-0.4, -0.2) is 52.2 Å². The van der Waals surface area contributed by atoms with E-state index >= 15 is 0 Å². The number of aliphatic imine (C=N–C) groups is 1. The lowest BCUT2D eigenvalue weighted by atomic mass is 9.78. The van der Waals surface area contributed by atoms with Gasteiger partial charge in [-0.05, 0) is 28.5 Å². The summed E-state index contributed by atoms with van der Waals surface area (Å²) >= 11 is 0. The van der Waals surface area contributed by atoms with E-state index in [2.05, 4.69) is 4.99 Å². The highest BCUT2D eigenvalue weighted by atomic mass is 16.3. The number of carbonyl (C=O) groups excluding carboxylic acids is 2. The Bertz CT molecular complexity index is 1060. The van der Waals surface area contributed by atoms with Crippen molar-refractivity contribution in [1.29, 1.82) is 0 Å². The van der Waals surface area contributed by atoms with Crippen LogP contribution in [0.3, 0.4) is 0 Å². The normalized spacial score (nSPS) is 15.8. The molecule has 0 bridgehead atoms. The van der Waals surface area contributed by atoms with Gasteiger partial charge in [-0.1, -0.05) is 71.9 Å². The smallest absolute Gasteiger partial charge is 0.245 e. The Morgan fingerprint density at radius 1 is 0.912 bits per heavy atom. The number of Topliss-reactive ketones (excluding diaryl/α,β-unsaturated/α-hetero) is 1. The van der Waals surface area contributed by atoms with Crippen molar-refractivity contribution in [2.75, 3.05) is 19.6 Å². The highest BCUT2D eigenvalue weighted by Gasteiger charge is 2.31. The van der Waals surface area contributed by atoms with E-state index in [9.17, 15) is 14.7 Å². The molecule has 2 aromatic rings. The van der Waals surface area contributed by atoms with Crippen molar-refractivity contribution in [1.82, 2.24) is 9.80 Å². The van der Waals surface area contributed by atoms with Crippen LogP contribution in [0.25, 0.3) is 0 Å². The van der Waals surface area contributed by atoms with Gasteiger partial charge < -0.3 is 14.9 Å². The predicted molar refractivity (Wildman–Crippen MR) is 136 cm³/mol. The molecule has 6 nitrogen and oxygen atoms in total. The standard InChI is InChI=1S/C28H37N3O3/c1-19(32)29-26-30(17-20-11-9-8-10-12-20)13-14-31(26)18-24(33)21-15-22(27(2,3)4)25(34)23(16-21)28(5,6)7/h8-12,15-16,34H,13-14,17-18H2,1-7H3. The molecule has 1 heterocycles. The summed E-state index contributed by atoms with van der Waals surface area (Å²) in [6.07, 6.45) is 0. The van der Waals surface area contributed by atoms with E-state index in [1.807, 2.05) is 93.8 Å². The van der Waals surface area contributed by atoms with Crippen LogP contribution in [0.4, 0.5) is 0 Å². The van der Waals surface area contributed by atoms with E-state index in [4.69, 9.17) is 0 Å². The third-order valence-corrected chi connectivity index (χ3v) is 6.06. The average Bonchev–Trinajstić information content (AvgIpc) is 3.07. The summed E-state index contributed by atoms with van der Waals surface area (Å²) in [7, 11) is 0. The van der Waals surface area contributed by atoms with Crippen LogP contribution >= 0.6 is 0 Å². The number of hydrogen-bond acceptors (Lipinski definition) is 3. The first kappa shape index (κ1) is 25.5. The maximum Gasteiger partial charge on any atom is 0.245 e. The van der Waals surface area contributed by atoms with Gasteiger partial charge in [-0.3, -0.25) is 9.59 Å². The molecule has 1 aliphatic rings. The van der Waals surface area contributed by atoms with Gasteiger partial charge in [-0.25, -0.2) is 0 Å². The van der Waals surface area contributed by atoms with Gasteiger partial charge in [0.1, 0.15) is 5.75 Å². The van der Waals surface area contributed by atoms with E-state index in [0.717, 1.165) is 16.7 Å². The number of phenolic OH excluding ortho intramolecular Hbond substituents is 1. The van der Waals surface area contributed by atoms with E-state index in [0.29, 0.717) is 31.2 Å². The van der Waals surface area contributed by atoms with Gasteiger partial charge in [0.15, 0.2) is 5.78 Å². The van der Waals surface area contributed by atoms with E-state index in [1.165, 1.54) is 6.92 Å². The van der Waals surface area contributed by atoms with Crippen LogP contribution in [0.5, 0.6) is 5.75 Å². The first-order valence-corrected chi connectivity index (χ1v) is 11.8. The number of ketones is 1. The Balaban J connectivity index is 1.91. The molecule has 0 unspecified atom stereocenters. The van der Waals surface area contributed by atoms with E-state index in [1.54, 1.807) is 0 Å². The molecule has 0 atom stereocenters. The summed E-state index contributed by atoms with van der Waals surface area (Å²) in [6.45, 7) is 15.6. The topological polar surface area (TPSA) is 73.2 Å². The fourth-order valence-electron chi connectivity index (χ4n) is 4.23. The van der Waals surface area contributed by atoms with Crippen molar-refractivity contribution >= 4 is 17.6 Å². The number of guanidine groups is 1. The van der Waals surface area contributed by atoms with Crippen LogP contribution in [0, 0.1) is 0 Å². The zero-order valence-electron chi connectivity index (χ0n) is 21.5. The summed E-state index contributed by atoms with van der Waals surface area (Å²) in [5, 5.41) is 11.0. The Morgan fingerprint density at radius 3 is 1.94 bits per heavy atom. The highest BCUT2D eigenvalue weighted by Crippen LogP contribution is 2.40. The molecule has 0 radical (unpaired) electrons. The summed E-state index contributed by atoms with van der Waals surface area (Å²) < 4.78 is 0. The van der Waals surface area contributed by atoms with Crippen LogP contribution in [0.2, 0.25) is 0 Å². The van der Waals surface area contributed by atoms with Crippen molar-refractivity contribution in [2.24, 2.45) is 4.99 Å². The number of rotatable bonds is 5. The van der Waals surface area contributed by atoms with Gasteiger partial charge in [-0.15, -0.1) is 0 Å². The minimum atomic E-state index is -0.318. The Morgan fingerprint density at radius 2 is 1.44 bits per heavy atom. The fourth-order valence-corrected chi connectivity index (χ4v) is 4.23. The lowest BCUT2D eigenvalue weighted by Gasteiger charge is -2.28. The molecule has 0 spiro atoms. The molecule has 2 aromatic carbocycles. The van der Waals surface area contributed by atoms with Gasteiger partial charge in [0.25, 0.3) is 0 Å². The molecular weight excluding hydrogens is 426 g/mol. The second-order valence-corrected chi connectivity index (χ2v) is 11.1. The number of benzene rings is 2. The van der Waals surface area contributed by atoms with Crippen molar-refractivity contribution in [2.45, 2.75) is 65.8 Å². The predicted octanol–water partition coefficient (Wildman–Crippen LogP) is 4.89. The molecule has 34 heavy (non-hydrogen) atoms. The van der Waals surface area contributed by atoms with Gasteiger partial charge in [0.2, 0.25) is 11.9 Å². The van der Waals surface area contributed by atoms with Crippen LogP contribution < -0.4 is 0 Å². The Kier molecular flexibility index (Phi) is 7.20. The minimum Gasteiger partial charge on any atom is -0.507 e. The largest absolute Gasteiger partial charge is 0.507 e. The number of phenols is 1. The number of aromatic hydroxyl groups is 1. The zero-order chi connectivity index (χ0) is 25.3. The number of carbonyl (C=O) groups is 2. The maximum absolute atomic E-state index is 13.5. The summed E-state index contributed by atoms with van der Waals surface area (Å²) in [6, 6.07) is 13.6. The van der Waals surface area contributed by atoms with Crippen LogP contribution in [-0.2, 0) is 22.2 Å². The van der Waals surface area contributed by atoms with Gasteiger partial charge in [0.05, 0.1) is 6.54 Å². The molecule has 1 saturated heterocycles. The average molecular weight is 464 g/mol. The first-order chi connectivity index (χ1) is 15.8. The number of nitrogens with zero attached hydrogens (tertiary/aromatic N) is 3. The van der Waals surface area contributed by atoms with Crippen molar-refractivity contribution in [3.8, 4) is 5.75 Å². The fraction of sp³-hybridized carbons (Fsp3) is 0.464. The van der Waals surface area contributed by atoms with Crippen molar-refractivity contribution in [3.63, 3.8) is 0 Å². The van der Waals surface area contributed by atoms with Crippen molar-refractivity contribution < 1.29 is 14.7 Å². The maximum atomic E-state index is 13.5. The van der Waals surface area contributed by atoms with E-state index < -0.39 is 0 Å². The molecule has 1 N–H and O–H groups in total. The summed E-state index contributed by atoms with van der Waals surface area (Å²) in [5.74, 6) is 0.442.